The molecular weight excluding hydrogens is 318 g/mol. The number of hydrogen-bond acceptors (Lipinski definition) is 5. The zero-order valence-electron chi connectivity index (χ0n) is 14.8. The van der Waals surface area contributed by atoms with E-state index in [2.05, 4.69) is 10.6 Å². The van der Waals surface area contributed by atoms with Crippen molar-refractivity contribution in [2.45, 2.75) is 44.6 Å². The van der Waals surface area contributed by atoms with E-state index in [1.807, 2.05) is 0 Å². The Morgan fingerprint density at radius 2 is 1.92 bits per heavy atom. The van der Waals surface area contributed by atoms with Crippen molar-refractivity contribution < 1.29 is 14.7 Å². The normalized spacial score (nSPS) is 17.9. The lowest BCUT2D eigenvalue weighted by Gasteiger charge is -2.31. The van der Waals surface area contributed by atoms with Gasteiger partial charge in [0.1, 0.15) is 5.70 Å². The fourth-order valence-corrected chi connectivity index (χ4v) is 3.35. The number of ketones is 1. The second kappa shape index (κ2) is 7.17. The molecule has 2 aliphatic rings. The van der Waals surface area contributed by atoms with Crippen molar-refractivity contribution in [1.82, 2.24) is 10.2 Å². The first kappa shape index (κ1) is 17.3. The molecule has 1 aromatic rings. The first-order chi connectivity index (χ1) is 12.0. The van der Waals surface area contributed by atoms with Gasteiger partial charge in [-0.1, -0.05) is 25.3 Å². The highest BCUT2D eigenvalue weighted by molar-refractivity contribution is 6.07. The Labute approximate surface area is 147 Å². The molecule has 0 bridgehead atoms. The number of benzene rings is 1. The van der Waals surface area contributed by atoms with Gasteiger partial charge in [0, 0.05) is 25.8 Å². The summed E-state index contributed by atoms with van der Waals surface area (Å²) in [6.07, 6.45) is 6.37. The minimum atomic E-state index is -0.282. The molecule has 6 heteroatoms. The lowest BCUT2D eigenvalue weighted by Crippen LogP contribution is -2.39. The number of phenolic OH excluding ortho intramolecular Hbond substituents is 1. The average molecular weight is 343 g/mol. The number of nitrogens with one attached hydrogen (secondary N) is 2. The largest absolute Gasteiger partial charge is 0.505 e. The summed E-state index contributed by atoms with van der Waals surface area (Å²) in [5, 5.41) is 16.9. The Morgan fingerprint density at radius 3 is 2.56 bits per heavy atom. The highest BCUT2D eigenvalue weighted by Gasteiger charge is 2.30. The number of phenols is 1. The predicted octanol–water partition coefficient (Wildman–Crippen LogP) is 2.61. The molecule has 1 fully saturated rings. The van der Waals surface area contributed by atoms with Gasteiger partial charge in [0.15, 0.2) is 11.5 Å². The van der Waals surface area contributed by atoms with E-state index in [9.17, 15) is 14.7 Å². The SMILES string of the molecule is CN(C)C(=O)c1cccc(NC2=C(NC3CCCCC3)CC2=O)c1O. The predicted molar refractivity (Wildman–Crippen MR) is 96.4 cm³/mol. The van der Waals surface area contributed by atoms with Gasteiger partial charge in [0.05, 0.1) is 17.7 Å². The lowest BCUT2D eigenvalue weighted by molar-refractivity contribution is -0.116. The van der Waals surface area contributed by atoms with E-state index in [4.69, 9.17) is 0 Å². The standard InChI is InChI=1S/C19H25N3O3/c1-22(2)19(25)13-9-6-10-14(18(13)24)21-17-15(11-16(17)23)20-12-7-4-3-5-8-12/h6,9-10,12,20-21,24H,3-5,7-8,11H2,1-2H3. The molecule has 0 atom stereocenters. The highest BCUT2D eigenvalue weighted by Crippen LogP contribution is 2.33. The van der Waals surface area contributed by atoms with Crippen molar-refractivity contribution in [1.29, 1.82) is 0 Å². The maximum atomic E-state index is 12.1. The molecule has 1 amide bonds. The number of hydrogen-bond donors (Lipinski definition) is 3. The Kier molecular flexibility index (Phi) is 4.97. The van der Waals surface area contributed by atoms with Gasteiger partial charge in [-0.25, -0.2) is 0 Å². The number of carbonyl (C=O) groups is 2. The van der Waals surface area contributed by atoms with Gasteiger partial charge in [0.25, 0.3) is 5.91 Å². The molecule has 3 N–H and O–H groups in total. The topological polar surface area (TPSA) is 81.7 Å². The van der Waals surface area contributed by atoms with E-state index in [1.165, 1.54) is 24.2 Å². The Morgan fingerprint density at radius 1 is 1.20 bits per heavy atom. The van der Waals surface area contributed by atoms with Crippen LogP contribution >= 0.6 is 0 Å². The summed E-state index contributed by atoms with van der Waals surface area (Å²) in [5.41, 5.74) is 1.99. The number of anilines is 1. The third-order valence-corrected chi connectivity index (χ3v) is 4.83. The number of para-hydroxylation sites is 1. The first-order valence-electron chi connectivity index (χ1n) is 8.81. The molecule has 0 aliphatic heterocycles. The van der Waals surface area contributed by atoms with Crippen molar-refractivity contribution in [2.24, 2.45) is 0 Å². The zero-order chi connectivity index (χ0) is 18.0. The van der Waals surface area contributed by atoms with Crippen molar-refractivity contribution in [3.05, 3.63) is 35.2 Å². The maximum absolute atomic E-state index is 12.1. The Hall–Kier alpha value is -2.50. The van der Waals surface area contributed by atoms with Crippen LogP contribution in [-0.2, 0) is 4.79 Å². The second-order valence-corrected chi connectivity index (χ2v) is 6.96. The smallest absolute Gasteiger partial charge is 0.257 e. The summed E-state index contributed by atoms with van der Waals surface area (Å²) < 4.78 is 0. The van der Waals surface area contributed by atoms with Gasteiger partial charge in [0.2, 0.25) is 0 Å². The number of rotatable bonds is 5. The molecule has 1 aromatic carbocycles. The van der Waals surface area contributed by atoms with Gasteiger partial charge < -0.3 is 20.6 Å². The average Bonchev–Trinajstić information content (AvgIpc) is 2.60. The minimum absolute atomic E-state index is 0.0158. The quantitative estimate of drug-likeness (QED) is 0.716. The third kappa shape index (κ3) is 3.62. The molecule has 0 saturated heterocycles. The van der Waals surface area contributed by atoms with Crippen LogP contribution in [0.2, 0.25) is 0 Å². The molecule has 0 unspecified atom stereocenters. The molecule has 0 heterocycles. The van der Waals surface area contributed by atoms with E-state index in [0.29, 0.717) is 23.8 Å². The van der Waals surface area contributed by atoms with Crippen LogP contribution in [0.5, 0.6) is 5.75 Å². The number of aromatic hydroxyl groups is 1. The summed E-state index contributed by atoms with van der Waals surface area (Å²) >= 11 is 0. The molecule has 0 radical (unpaired) electrons. The molecular formula is C19H25N3O3. The number of amides is 1. The second-order valence-electron chi connectivity index (χ2n) is 6.96. The summed E-state index contributed by atoms with van der Waals surface area (Å²) in [5.74, 6) is -0.400. The van der Waals surface area contributed by atoms with Crippen LogP contribution in [0.25, 0.3) is 0 Å². The molecule has 6 nitrogen and oxygen atoms in total. The number of allylic oxidation sites excluding steroid dienone is 2. The van der Waals surface area contributed by atoms with Crippen molar-refractivity contribution in [2.75, 3.05) is 19.4 Å². The Balaban J connectivity index is 1.78. The van der Waals surface area contributed by atoms with Crippen LogP contribution in [0.4, 0.5) is 5.69 Å². The maximum Gasteiger partial charge on any atom is 0.257 e. The number of nitrogens with zero attached hydrogens (tertiary/aromatic N) is 1. The molecule has 1 saturated carbocycles. The zero-order valence-corrected chi connectivity index (χ0v) is 14.8. The van der Waals surface area contributed by atoms with E-state index < -0.39 is 0 Å². The first-order valence-corrected chi connectivity index (χ1v) is 8.81. The van der Waals surface area contributed by atoms with E-state index in [0.717, 1.165) is 18.5 Å². The summed E-state index contributed by atoms with van der Waals surface area (Å²) in [6, 6.07) is 5.35. The van der Waals surface area contributed by atoms with Gasteiger partial charge in [-0.2, -0.15) is 0 Å². The third-order valence-electron chi connectivity index (χ3n) is 4.83. The van der Waals surface area contributed by atoms with Crippen LogP contribution in [0.3, 0.4) is 0 Å². The van der Waals surface area contributed by atoms with E-state index in [1.54, 1.807) is 32.3 Å². The van der Waals surface area contributed by atoms with Gasteiger partial charge in [-0.05, 0) is 25.0 Å². The van der Waals surface area contributed by atoms with Crippen LogP contribution in [0, 0.1) is 0 Å². The van der Waals surface area contributed by atoms with Crippen molar-refractivity contribution in [3.8, 4) is 5.75 Å². The van der Waals surface area contributed by atoms with Gasteiger partial charge >= 0.3 is 0 Å². The molecule has 3 rings (SSSR count). The van der Waals surface area contributed by atoms with Crippen LogP contribution in [0.1, 0.15) is 48.9 Å². The van der Waals surface area contributed by atoms with Crippen molar-refractivity contribution >= 4 is 17.4 Å². The van der Waals surface area contributed by atoms with Gasteiger partial charge in [-0.3, -0.25) is 9.59 Å². The molecule has 2 aliphatic carbocycles. The highest BCUT2D eigenvalue weighted by atomic mass is 16.3. The molecule has 0 spiro atoms. The minimum Gasteiger partial charge on any atom is -0.505 e. The van der Waals surface area contributed by atoms with Crippen LogP contribution in [-0.4, -0.2) is 41.8 Å². The molecule has 134 valence electrons. The summed E-state index contributed by atoms with van der Waals surface area (Å²) in [4.78, 5) is 25.5. The number of Topliss-reactive ketones (excluding diaryl/α,β-unsaturated/α-hetero) is 1. The fraction of sp³-hybridized carbons (Fsp3) is 0.474. The monoisotopic (exact) mass is 343 g/mol. The van der Waals surface area contributed by atoms with E-state index >= 15 is 0 Å². The van der Waals surface area contributed by atoms with Crippen LogP contribution in [0.15, 0.2) is 29.6 Å². The van der Waals surface area contributed by atoms with Crippen LogP contribution < -0.4 is 10.6 Å². The Bertz CT molecular complexity index is 719. The van der Waals surface area contributed by atoms with Gasteiger partial charge in [-0.15, -0.1) is 0 Å². The van der Waals surface area contributed by atoms with Crippen molar-refractivity contribution in [3.63, 3.8) is 0 Å². The lowest BCUT2D eigenvalue weighted by atomic mass is 9.92. The summed E-state index contributed by atoms with van der Waals surface area (Å²) in [7, 11) is 3.26. The van der Waals surface area contributed by atoms with E-state index in [-0.39, 0.29) is 23.0 Å². The molecule has 25 heavy (non-hydrogen) atoms. The number of carbonyl (C=O) groups excluding carboxylic acids is 2. The summed E-state index contributed by atoms with van der Waals surface area (Å²) in [6.45, 7) is 0. The fourth-order valence-electron chi connectivity index (χ4n) is 3.35. The molecule has 0 aromatic heterocycles.